The highest BCUT2D eigenvalue weighted by Gasteiger charge is 2.35. The van der Waals surface area contributed by atoms with E-state index in [2.05, 4.69) is 6.92 Å². The van der Waals surface area contributed by atoms with E-state index in [4.69, 9.17) is 0 Å². The van der Waals surface area contributed by atoms with Crippen molar-refractivity contribution in [1.82, 2.24) is 4.90 Å². The molecule has 1 aliphatic heterocycles. The lowest BCUT2D eigenvalue weighted by atomic mass is 9.82. The molecule has 0 bridgehead atoms. The van der Waals surface area contributed by atoms with Crippen molar-refractivity contribution < 1.29 is 9.59 Å². The third kappa shape index (κ3) is 2.04. The fraction of sp³-hybridized carbons (Fsp3) is 0.692. The highest BCUT2D eigenvalue weighted by Crippen LogP contribution is 2.31. The van der Waals surface area contributed by atoms with Crippen molar-refractivity contribution in [2.45, 2.75) is 51.5 Å². The summed E-state index contributed by atoms with van der Waals surface area (Å²) < 4.78 is 0. The molecule has 2 amide bonds. The molecule has 1 saturated carbocycles. The van der Waals surface area contributed by atoms with Crippen LogP contribution in [0.2, 0.25) is 0 Å². The molecular weight excluding hydrogens is 202 g/mol. The number of rotatable bonds is 3. The predicted molar refractivity (Wildman–Crippen MR) is 61.6 cm³/mol. The molecule has 0 radical (unpaired) electrons. The molecule has 1 atom stereocenters. The second kappa shape index (κ2) is 4.81. The Balaban J connectivity index is 2.09. The SMILES string of the molecule is CC[C@@H](C1CCCCC1)N1C(=O)C=CC1=O. The van der Waals surface area contributed by atoms with E-state index in [1.54, 1.807) is 0 Å². The third-order valence-corrected chi connectivity index (χ3v) is 3.79. The zero-order chi connectivity index (χ0) is 11.5. The lowest BCUT2D eigenvalue weighted by Gasteiger charge is -2.34. The first-order chi connectivity index (χ1) is 7.74. The predicted octanol–water partition coefficient (Wildman–Crippen LogP) is 2.27. The van der Waals surface area contributed by atoms with Gasteiger partial charge in [0, 0.05) is 18.2 Å². The summed E-state index contributed by atoms with van der Waals surface area (Å²) in [6.45, 7) is 2.07. The number of hydrogen-bond acceptors (Lipinski definition) is 2. The summed E-state index contributed by atoms with van der Waals surface area (Å²) in [6, 6.07) is 0.121. The molecule has 3 nitrogen and oxygen atoms in total. The van der Waals surface area contributed by atoms with Gasteiger partial charge in [0.25, 0.3) is 11.8 Å². The number of carbonyl (C=O) groups is 2. The van der Waals surface area contributed by atoms with Gasteiger partial charge in [-0.15, -0.1) is 0 Å². The molecule has 1 fully saturated rings. The summed E-state index contributed by atoms with van der Waals surface area (Å²) in [5.41, 5.74) is 0. The van der Waals surface area contributed by atoms with Gasteiger partial charge in [0.1, 0.15) is 0 Å². The van der Waals surface area contributed by atoms with E-state index < -0.39 is 0 Å². The first-order valence-corrected chi connectivity index (χ1v) is 6.29. The number of amides is 2. The van der Waals surface area contributed by atoms with Crippen LogP contribution in [0, 0.1) is 5.92 Å². The summed E-state index contributed by atoms with van der Waals surface area (Å²) in [5.74, 6) is 0.274. The largest absolute Gasteiger partial charge is 0.272 e. The lowest BCUT2D eigenvalue weighted by Crippen LogP contribution is -2.44. The quantitative estimate of drug-likeness (QED) is 0.685. The Morgan fingerprint density at radius 2 is 1.75 bits per heavy atom. The summed E-state index contributed by atoms with van der Waals surface area (Å²) in [7, 11) is 0. The Labute approximate surface area is 96.5 Å². The van der Waals surface area contributed by atoms with Crippen LogP contribution in [-0.4, -0.2) is 22.8 Å². The van der Waals surface area contributed by atoms with Crippen molar-refractivity contribution in [3.63, 3.8) is 0 Å². The van der Waals surface area contributed by atoms with Crippen molar-refractivity contribution in [2.24, 2.45) is 5.92 Å². The molecule has 0 aromatic carbocycles. The van der Waals surface area contributed by atoms with Crippen LogP contribution in [0.4, 0.5) is 0 Å². The van der Waals surface area contributed by atoms with E-state index in [1.807, 2.05) is 0 Å². The maximum atomic E-state index is 11.6. The van der Waals surface area contributed by atoms with Gasteiger partial charge in [0.05, 0.1) is 0 Å². The molecule has 1 aliphatic carbocycles. The van der Waals surface area contributed by atoms with Gasteiger partial charge in [-0.2, -0.15) is 0 Å². The van der Waals surface area contributed by atoms with Crippen LogP contribution in [0.25, 0.3) is 0 Å². The average Bonchev–Trinajstić information content (AvgIpc) is 2.63. The first kappa shape index (κ1) is 11.4. The molecule has 2 aliphatic rings. The normalized spacial score (nSPS) is 24.2. The second-order valence-corrected chi connectivity index (χ2v) is 4.75. The molecule has 16 heavy (non-hydrogen) atoms. The van der Waals surface area contributed by atoms with Crippen LogP contribution in [0.15, 0.2) is 12.2 Å². The van der Waals surface area contributed by atoms with Gasteiger partial charge in [-0.3, -0.25) is 14.5 Å². The van der Waals surface area contributed by atoms with Crippen LogP contribution >= 0.6 is 0 Å². The van der Waals surface area contributed by atoms with Gasteiger partial charge in [-0.05, 0) is 25.2 Å². The fourth-order valence-electron chi connectivity index (χ4n) is 2.98. The van der Waals surface area contributed by atoms with Crippen LogP contribution in [0.5, 0.6) is 0 Å². The molecule has 0 saturated heterocycles. The van der Waals surface area contributed by atoms with E-state index in [0.29, 0.717) is 5.92 Å². The Morgan fingerprint density at radius 3 is 2.25 bits per heavy atom. The van der Waals surface area contributed by atoms with Crippen LogP contribution in [-0.2, 0) is 9.59 Å². The van der Waals surface area contributed by atoms with Gasteiger partial charge < -0.3 is 0 Å². The van der Waals surface area contributed by atoms with Gasteiger partial charge >= 0.3 is 0 Å². The minimum Gasteiger partial charge on any atom is -0.272 e. The molecule has 0 unspecified atom stereocenters. The first-order valence-electron chi connectivity index (χ1n) is 6.29. The standard InChI is InChI=1S/C13H19NO2/c1-2-11(10-6-4-3-5-7-10)14-12(15)8-9-13(14)16/h8-11H,2-7H2,1H3/t11-/m0/s1. The monoisotopic (exact) mass is 221 g/mol. The topological polar surface area (TPSA) is 37.4 Å². The van der Waals surface area contributed by atoms with E-state index in [1.165, 1.54) is 36.3 Å². The van der Waals surface area contributed by atoms with Gasteiger partial charge in [0.15, 0.2) is 0 Å². The van der Waals surface area contributed by atoms with E-state index in [9.17, 15) is 9.59 Å². The molecule has 0 aromatic heterocycles. The van der Waals surface area contributed by atoms with Crippen LogP contribution in [0.3, 0.4) is 0 Å². The number of carbonyl (C=O) groups excluding carboxylic acids is 2. The zero-order valence-electron chi connectivity index (χ0n) is 9.82. The smallest absolute Gasteiger partial charge is 0.253 e. The van der Waals surface area contributed by atoms with Crippen molar-refractivity contribution in [3.05, 3.63) is 12.2 Å². The lowest BCUT2D eigenvalue weighted by molar-refractivity contribution is -0.141. The summed E-state index contributed by atoms with van der Waals surface area (Å²) in [5, 5.41) is 0. The molecule has 1 heterocycles. The van der Waals surface area contributed by atoms with Crippen molar-refractivity contribution in [1.29, 1.82) is 0 Å². The van der Waals surface area contributed by atoms with Crippen molar-refractivity contribution in [2.75, 3.05) is 0 Å². The van der Waals surface area contributed by atoms with E-state index >= 15 is 0 Å². The molecule has 88 valence electrons. The highest BCUT2D eigenvalue weighted by atomic mass is 16.2. The Kier molecular flexibility index (Phi) is 3.42. The molecule has 2 rings (SSSR count). The van der Waals surface area contributed by atoms with E-state index in [0.717, 1.165) is 19.3 Å². The number of imide groups is 1. The van der Waals surface area contributed by atoms with Crippen LogP contribution in [0.1, 0.15) is 45.4 Å². The Hall–Kier alpha value is -1.12. The van der Waals surface area contributed by atoms with Crippen LogP contribution < -0.4 is 0 Å². The van der Waals surface area contributed by atoms with Gasteiger partial charge in [-0.25, -0.2) is 0 Å². The second-order valence-electron chi connectivity index (χ2n) is 4.75. The third-order valence-electron chi connectivity index (χ3n) is 3.79. The van der Waals surface area contributed by atoms with Gasteiger partial charge in [-0.1, -0.05) is 26.2 Å². The zero-order valence-corrected chi connectivity index (χ0v) is 9.82. The molecule has 0 aromatic rings. The van der Waals surface area contributed by atoms with Crippen molar-refractivity contribution in [3.8, 4) is 0 Å². The molecule has 0 N–H and O–H groups in total. The molecular formula is C13H19NO2. The number of hydrogen-bond donors (Lipinski definition) is 0. The summed E-state index contributed by atoms with van der Waals surface area (Å²) in [4.78, 5) is 24.8. The Morgan fingerprint density at radius 1 is 1.19 bits per heavy atom. The fourth-order valence-corrected chi connectivity index (χ4v) is 2.98. The number of nitrogens with zero attached hydrogens (tertiary/aromatic N) is 1. The minimum atomic E-state index is -0.123. The summed E-state index contributed by atoms with van der Waals surface area (Å²) >= 11 is 0. The minimum absolute atomic E-state index is 0.121. The molecule has 3 heteroatoms. The highest BCUT2D eigenvalue weighted by molar-refractivity contribution is 6.13. The maximum absolute atomic E-state index is 11.6. The summed E-state index contributed by atoms with van der Waals surface area (Å²) in [6.07, 6.45) is 9.78. The average molecular weight is 221 g/mol. The van der Waals surface area contributed by atoms with Gasteiger partial charge in [0.2, 0.25) is 0 Å². The molecule has 0 spiro atoms. The Bertz CT molecular complexity index is 298. The maximum Gasteiger partial charge on any atom is 0.253 e. The van der Waals surface area contributed by atoms with Crippen molar-refractivity contribution >= 4 is 11.8 Å². The van der Waals surface area contributed by atoms with E-state index in [-0.39, 0.29) is 17.9 Å².